The van der Waals surface area contributed by atoms with Crippen molar-refractivity contribution < 1.29 is 13.2 Å². The number of nitrogens with two attached hydrogens (primary N) is 2. The topological polar surface area (TPSA) is 106 Å². The molecule has 1 amide bonds. The summed E-state index contributed by atoms with van der Waals surface area (Å²) >= 11 is 0. The smallest absolute Gasteiger partial charge is 0.249 e. The van der Waals surface area contributed by atoms with Crippen molar-refractivity contribution >= 4 is 28.3 Å². The minimum absolute atomic E-state index is 0. The molecule has 1 saturated heterocycles. The molecule has 4 N–H and O–H groups in total. The van der Waals surface area contributed by atoms with Gasteiger partial charge in [0.05, 0.1) is 4.90 Å². The molecule has 0 aromatic heterocycles. The van der Waals surface area contributed by atoms with Crippen molar-refractivity contribution in [2.75, 3.05) is 19.6 Å². The van der Waals surface area contributed by atoms with Gasteiger partial charge < -0.3 is 11.5 Å². The Kier molecular flexibility index (Phi) is 6.37. The average molecular weight is 348 g/mol. The zero-order chi connectivity index (χ0) is 15.6. The number of sulfonamides is 1. The highest BCUT2D eigenvalue weighted by Gasteiger charge is 2.29. The van der Waals surface area contributed by atoms with Gasteiger partial charge in [0, 0.05) is 18.7 Å². The molecule has 1 aromatic carbocycles. The van der Waals surface area contributed by atoms with Crippen LogP contribution in [0.1, 0.15) is 28.8 Å². The minimum Gasteiger partial charge on any atom is -0.366 e. The van der Waals surface area contributed by atoms with Gasteiger partial charge in [0.1, 0.15) is 0 Å². The summed E-state index contributed by atoms with van der Waals surface area (Å²) in [5.41, 5.74) is 11.8. The van der Waals surface area contributed by atoms with E-state index in [4.69, 9.17) is 11.5 Å². The molecule has 0 bridgehead atoms. The van der Waals surface area contributed by atoms with Crippen molar-refractivity contribution in [1.82, 2.24) is 4.31 Å². The first kappa shape index (κ1) is 18.9. The molecule has 0 unspecified atom stereocenters. The van der Waals surface area contributed by atoms with Crippen molar-refractivity contribution in [2.24, 2.45) is 17.4 Å². The Morgan fingerprint density at radius 2 is 1.91 bits per heavy atom. The van der Waals surface area contributed by atoms with E-state index in [0.717, 1.165) is 12.8 Å². The first-order valence-corrected chi connectivity index (χ1v) is 8.41. The fourth-order valence-corrected chi connectivity index (χ4v) is 4.06. The van der Waals surface area contributed by atoms with Crippen LogP contribution in [0.25, 0.3) is 0 Å². The van der Waals surface area contributed by atoms with Gasteiger partial charge in [-0.05, 0) is 49.9 Å². The molecule has 1 heterocycles. The molecule has 6 nitrogen and oxygen atoms in total. The third-order valence-electron chi connectivity index (χ3n) is 4.02. The average Bonchev–Trinajstić information content (AvgIpc) is 2.47. The maximum atomic E-state index is 12.6. The predicted octanol–water partition coefficient (Wildman–Crippen LogP) is 0.875. The summed E-state index contributed by atoms with van der Waals surface area (Å²) in [7, 11) is -3.58. The highest BCUT2D eigenvalue weighted by Crippen LogP contribution is 2.24. The molecule has 1 aliphatic heterocycles. The Hall–Kier alpha value is -1.15. The molecule has 1 aromatic rings. The van der Waals surface area contributed by atoms with Crippen LogP contribution in [0.3, 0.4) is 0 Å². The lowest BCUT2D eigenvalue weighted by Gasteiger charge is -2.30. The van der Waals surface area contributed by atoms with Crippen molar-refractivity contribution in [3.05, 3.63) is 29.3 Å². The molecule has 0 aliphatic carbocycles. The zero-order valence-corrected chi connectivity index (χ0v) is 14.1. The monoisotopic (exact) mass is 347 g/mol. The molecule has 0 spiro atoms. The van der Waals surface area contributed by atoms with Crippen LogP contribution in [-0.2, 0) is 10.0 Å². The predicted molar refractivity (Wildman–Crippen MR) is 87.5 cm³/mol. The molecular formula is C14H22ClN3O3S. The number of hydrogen-bond acceptors (Lipinski definition) is 4. The Labute approximate surface area is 137 Å². The standard InChI is InChI=1S/C14H21N3O3S.ClH/c1-10-2-3-12(8-13(10)14(16)18)21(19,20)17-6-4-11(9-15)5-7-17;/h2-3,8,11H,4-7,9,15H2,1H3,(H2,16,18);1H. The molecule has 0 saturated carbocycles. The maximum absolute atomic E-state index is 12.6. The second kappa shape index (κ2) is 7.41. The van der Waals surface area contributed by atoms with Crippen LogP contribution >= 0.6 is 12.4 Å². The van der Waals surface area contributed by atoms with Crippen LogP contribution in [0.5, 0.6) is 0 Å². The van der Waals surface area contributed by atoms with Crippen LogP contribution in [0.15, 0.2) is 23.1 Å². The van der Waals surface area contributed by atoms with E-state index in [1.54, 1.807) is 13.0 Å². The third-order valence-corrected chi connectivity index (χ3v) is 5.91. The van der Waals surface area contributed by atoms with Crippen LogP contribution in [0.2, 0.25) is 0 Å². The summed E-state index contributed by atoms with van der Waals surface area (Å²) in [5, 5.41) is 0. The van der Waals surface area contributed by atoms with E-state index in [-0.39, 0.29) is 22.9 Å². The maximum Gasteiger partial charge on any atom is 0.249 e. The van der Waals surface area contributed by atoms with Gasteiger partial charge in [-0.3, -0.25) is 4.79 Å². The van der Waals surface area contributed by atoms with Gasteiger partial charge in [-0.25, -0.2) is 8.42 Å². The number of carbonyl (C=O) groups excluding carboxylic acids is 1. The van der Waals surface area contributed by atoms with Crippen LogP contribution < -0.4 is 11.5 Å². The summed E-state index contributed by atoms with van der Waals surface area (Å²) < 4.78 is 26.7. The van der Waals surface area contributed by atoms with E-state index < -0.39 is 15.9 Å². The third kappa shape index (κ3) is 3.78. The second-order valence-corrected chi connectivity index (χ2v) is 7.36. The summed E-state index contributed by atoms with van der Waals surface area (Å²) in [6.45, 7) is 3.24. The lowest BCUT2D eigenvalue weighted by molar-refractivity contribution is 0.0999. The normalized spacial score (nSPS) is 17.0. The minimum atomic E-state index is -3.58. The highest BCUT2D eigenvalue weighted by atomic mass is 35.5. The molecule has 2 rings (SSSR count). The Balaban J connectivity index is 0.00000242. The highest BCUT2D eigenvalue weighted by molar-refractivity contribution is 7.89. The number of piperidine rings is 1. The van der Waals surface area contributed by atoms with E-state index in [2.05, 4.69) is 0 Å². The molecule has 124 valence electrons. The van der Waals surface area contributed by atoms with E-state index >= 15 is 0 Å². The lowest BCUT2D eigenvalue weighted by atomic mass is 9.99. The van der Waals surface area contributed by atoms with Crippen molar-refractivity contribution in [3.8, 4) is 0 Å². The number of halogens is 1. The molecular weight excluding hydrogens is 326 g/mol. The van der Waals surface area contributed by atoms with Gasteiger partial charge in [0.15, 0.2) is 0 Å². The summed E-state index contributed by atoms with van der Waals surface area (Å²) in [5.74, 6) is -0.234. The number of primary amides is 1. The van der Waals surface area contributed by atoms with E-state index in [1.807, 2.05) is 0 Å². The molecule has 1 aliphatic rings. The second-order valence-electron chi connectivity index (χ2n) is 5.42. The van der Waals surface area contributed by atoms with Gasteiger partial charge in [-0.1, -0.05) is 6.07 Å². The number of carbonyl (C=O) groups is 1. The lowest BCUT2D eigenvalue weighted by Crippen LogP contribution is -2.40. The molecule has 8 heteroatoms. The summed E-state index contributed by atoms with van der Waals surface area (Å²) in [4.78, 5) is 11.5. The van der Waals surface area contributed by atoms with Gasteiger partial charge in [-0.15, -0.1) is 12.4 Å². The van der Waals surface area contributed by atoms with E-state index in [0.29, 0.717) is 31.1 Å². The SMILES string of the molecule is Cc1ccc(S(=O)(=O)N2CCC(CN)CC2)cc1C(N)=O.Cl. The van der Waals surface area contributed by atoms with Crippen LogP contribution in [0.4, 0.5) is 0 Å². The van der Waals surface area contributed by atoms with E-state index in [1.165, 1.54) is 16.4 Å². The van der Waals surface area contributed by atoms with Crippen LogP contribution in [0, 0.1) is 12.8 Å². The van der Waals surface area contributed by atoms with Crippen LogP contribution in [-0.4, -0.2) is 38.3 Å². The summed E-state index contributed by atoms with van der Waals surface area (Å²) in [6.07, 6.45) is 1.54. The number of amides is 1. The molecule has 1 fully saturated rings. The fourth-order valence-electron chi connectivity index (χ4n) is 2.56. The number of hydrogen-bond donors (Lipinski definition) is 2. The summed E-state index contributed by atoms with van der Waals surface area (Å²) in [6, 6.07) is 4.49. The number of nitrogens with zero attached hydrogens (tertiary/aromatic N) is 1. The molecule has 0 atom stereocenters. The Morgan fingerprint density at radius 1 is 1.32 bits per heavy atom. The van der Waals surface area contributed by atoms with Gasteiger partial charge in [-0.2, -0.15) is 4.31 Å². The van der Waals surface area contributed by atoms with Gasteiger partial charge in [0.25, 0.3) is 0 Å². The Morgan fingerprint density at radius 3 is 2.41 bits per heavy atom. The van der Waals surface area contributed by atoms with Gasteiger partial charge >= 0.3 is 0 Å². The number of benzene rings is 1. The first-order valence-electron chi connectivity index (χ1n) is 6.97. The molecule has 22 heavy (non-hydrogen) atoms. The number of aryl methyl sites for hydroxylation is 1. The quantitative estimate of drug-likeness (QED) is 0.842. The van der Waals surface area contributed by atoms with Gasteiger partial charge in [0.2, 0.25) is 15.9 Å². The molecule has 0 radical (unpaired) electrons. The van der Waals surface area contributed by atoms with Crippen molar-refractivity contribution in [2.45, 2.75) is 24.7 Å². The fraction of sp³-hybridized carbons (Fsp3) is 0.500. The number of rotatable bonds is 4. The largest absolute Gasteiger partial charge is 0.366 e. The van der Waals surface area contributed by atoms with Crippen molar-refractivity contribution in [3.63, 3.8) is 0 Å². The van der Waals surface area contributed by atoms with E-state index in [9.17, 15) is 13.2 Å². The van der Waals surface area contributed by atoms with Crippen molar-refractivity contribution in [1.29, 1.82) is 0 Å². The Bertz CT molecular complexity index is 641. The first-order chi connectivity index (χ1) is 9.86. The zero-order valence-electron chi connectivity index (χ0n) is 12.5.